The third kappa shape index (κ3) is 5.93. The molecule has 0 fully saturated rings. The number of ether oxygens (including phenoxy) is 2. The van der Waals surface area contributed by atoms with Crippen LogP contribution in [-0.2, 0) is 14.8 Å². The fourth-order valence-corrected chi connectivity index (χ4v) is 5.00. The summed E-state index contributed by atoms with van der Waals surface area (Å²) in [5.41, 5.74) is 4.69. The number of hydrogen-bond acceptors (Lipinski definition) is 6. The summed E-state index contributed by atoms with van der Waals surface area (Å²) in [7, 11) is -1.07. The Hall–Kier alpha value is -3.56. The van der Waals surface area contributed by atoms with E-state index in [2.05, 4.69) is 10.5 Å². The third-order valence-electron chi connectivity index (χ3n) is 5.23. The first-order valence-electron chi connectivity index (χ1n) is 10.6. The van der Waals surface area contributed by atoms with Crippen molar-refractivity contribution in [3.8, 4) is 11.5 Å². The second-order valence-electron chi connectivity index (χ2n) is 7.58. The zero-order valence-electron chi connectivity index (χ0n) is 19.8. The highest BCUT2D eigenvalue weighted by molar-refractivity contribution is 7.92. The molecule has 0 aliphatic rings. The van der Waals surface area contributed by atoms with Gasteiger partial charge in [-0.05, 0) is 55.8 Å². The lowest BCUT2D eigenvalue weighted by Gasteiger charge is -2.25. The van der Waals surface area contributed by atoms with Gasteiger partial charge >= 0.3 is 0 Å². The van der Waals surface area contributed by atoms with E-state index in [4.69, 9.17) is 21.1 Å². The van der Waals surface area contributed by atoms with Gasteiger partial charge in [0.1, 0.15) is 6.54 Å². The van der Waals surface area contributed by atoms with E-state index in [0.29, 0.717) is 33.3 Å². The lowest BCUT2D eigenvalue weighted by Crippen LogP contribution is -2.40. The van der Waals surface area contributed by atoms with E-state index in [0.717, 1.165) is 9.87 Å². The van der Waals surface area contributed by atoms with E-state index < -0.39 is 22.5 Å². The largest absolute Gasteiger partial charge is 0.493 e. The number of amides is 1. The van der Waals surface area contributed by atoms with Crippen molar-refractivity contribution in [2.75, 3.05) is 25.1 Å². The maximum absolute atomic E-state index is 13.5. The van der Waals surface area contributed by atoms with Crippen molar-refractivity contribution < 1.29 is 22.7 Å². The summed E-state index contributed by atoms with van der Waals surface area (Å²) in [6.07, 6.45) is 1.39. The van der Waals surface area contributed by atoms with Crippen LogP contribution >= 0.6 is 11.6 Å². The number of nitrogens with one attached hydrogen (secondary N) is 1. The minimum Gasteiger partial charge on any atom is -0.493 e. The number of sulfonamides is 1. The Bertz CT molecular complexity index is 1340. The van der Waals surface area contributed by atoms with Crippen molar-refractivity contribution in [2.24, 2.45) is 5.10 Å². The van der Waals surface area contributed by atoms with E-state index in [1.807, 2.05) is 6.92 Å². The van der Waals surface area contributed by atoms with Crippen LogP contribution in [0.1, 0.15) is 16.7 Å². The molecule has 0 bridgehead atoms. The first kappa shape index (κ1) is 26.1. The molecule has 3 aromatic rings. The minimum absolute atomic E-state index is 0.0555. The van der Waals surface area contributed by atoms with Gasteiger partial charge in [-0.25, -0.2) is 13.8 Å². The lowest BCUT2D eigenvalue weighted by molar-refractivity contribution is -0.119. The minimum atomic E-state index is -4.08. The van der Waals surface area contributed by atoms with Gasteiger partial charge < -0.3 is 9.47 Å². The summed E-state index contributed by atoms with van der Waals surface area (Å²) in [4.78, 5) is 12.9. The quantitative estimate of drug-likeness (QED) is 0.338. The van der Waals surface area contributed by atoms with Crippen LogP contribution in [0.3, 0.4) is 0 Å². The average Bonchev–Trinajstić information content (AvgIpc) is 2.84. The molecule has 1 N–H and O–H groups in total. The second kappa shape index (κ2) is 11.2. The number of rotatable bonds is 9. The first-order chi connectivity index (χ1) is 16.7. The van der Waals surface area contributed by atoms with Crippen LogP contribution in [0.2, 0.25) is 5.02 Å². The zero-order valence-corrected chi connectivity index (χ0v) is 21.4. The Kier molecular flexibility index (Phi) is 8.37. The van der Waals surface area contributed by atoms with Gasteiger partial charge in [-0.1, -0.05) is 41.4 Å². The Morgan fingerprint density at radius 1 is 1.03 bits per heavy atom. The van der Waals surface area contributed by atoms with Gasteiger partial charge in [0, 0.05) is 10.6 Å². The highest BCUT2D eigenvalue weighted by atomic mass is 35.5. The molecule has 184 valence electrons. The average molecular weight is 516 g/mol. The van der Waals surface area contributed by atoms with Gasteiger partial charge in [-0.3, -0.25) is 9.10 Å². The van der Waals surface area contributed by atoms with Crippen LogP contribution in [0.4, 0.5) is 5.69 Å². The molecular formula is C25H26ClN3O5S. The smallest absolute Gasteiger partial charge is 0.264 e. The van der Waals surface area contributed by atoms with Crippen molar-refractivity contribution in [3.05, 3.63) is 82.4 Å². The summed E-state index contributed by atoms with van der Waals surface area (Å²) >= 11 is 6.25. The number of carbonyl (C=O) groups is 1. The van der Waals surface area contributed by atoms with Crippen molar-refractivity contribution in [1.29, 1.82) is 0 Å². The predicted molar refractivity (Wildman–Crippen MR) is 137 cm³/mol. The molecule has 0 radical (unpaired) electrons. The van der Waals surface area contributed by atoms with Gasteiger partial charge in [0.05, 0.1) is 31.0 Å². The molecule has 0 atom stereocenters. The van der Waals surface area contributed by atoms with Crippen molar-refractivity contribution in [3.63, 3.8) is 0 Å². The Morgan fingerprint density at radius 3 is 2.37 bits per heavy atom. The molecule has 0 unspecified atom stereocenters. The summed E-state index contributed by atoms with van der Waals surface area (Å²) in [5.74, 6) is 0.318. The molecule has 1 amide bonds. The van der Waals surface area contributed by atoms with E-state index in [1.54, 1.807) is 55.5 Å². The predicted octanol–water partition coefficient (Wildman–Crippen LogP) is 4.32. The van der Waals surface area contributed by atoms with E-state index in [-0.39, 0.29) is 4.90 Å². The molecule has 0 heterocycles. The normalized spacial score (nSPS) is 11.3. The lowest BCUT2D eigenvalue weighted by atomic mass is 10.2. The number of para-hydroxylation sites is 1. The van der Waals surface area contributed by atoms with Gasteiger partial charge in [0.25, 0.3) is 15.9 Å². The maximum atomic E-state index is 13.5. The molecular weight excluding hydrogens is 490 g/mol. The highest BCUT2D eigenvalue weighted by Gasteiger charge is 2.28. The first-order valence-corrected chi connectivity index (χ1v) is 12.4. The van der Waals surface area contributed by atoms with E-state index in [1.165, 1.54) is 32.6 Å². The topological polar surface area (TPSA) is 97.3 Å². The zero-order chi connectivity index (χ0) is 25.6. The fraction of sp³-hybridized carbons (Fsp3) is 0.200. The number of methoxy groups -OCH3 is 2. The van der Waals surface area contributed by atoms with E-state index in [9.17, 15) is 13.2 Å². The van der Waals surface area contributed by atoms with Crippen LogP contribution in [-0.4, -0.2) is 41.3 Å². The highest BCUT2D eigenvalue weighted by Crippen LogP contribution is 2.31. The fourth-order valence-electron chi connectivity index (χ4n) is 3.36. The Labute approximate surface area is 210 Å². The van der Waals surface area contributed by atoms with Gasteiger partial charge in [0.15, 0.2) is 11.5 Å². The Balaban J connectivity index is 1.90. The number of hydrazone groups is 1. The van der Waals surface area contributed by atoms with Crippen LogP contribution in [0.5, 0.6) is 11.5 Å². The summed E-state index contributed by atoms with van der Waals surface area (Å²) < 4.78 is 38.7. The number of anilines is 1. The van der Waals surface area contributed by atoms with Crippen LogP contribution < -0.4 is 19.2 Å². The van der Waals surface area contributed by atoms with Crippen LogP contribution in [0.15, 0.2) is 70.7 Å². The van der Waals surface area contributed by atoms with Gasteiger partial charge in [-0.15, -0.1) is 0 Å². The number of aryl methyl sites for hydroxylation is 1. The van der Waals surface area contributed by atoms with Gasteiger partial charge in [0.2, 0.25) is 0 Å². The molecule has 0 saturated carbocycles. The Morgan fingerprint density at radius 2 is 1.71 bits per heavy atom. The summed E-state index contributed by atoms with van der Waals surface area (Å²) in [6.45, 7) is 3.04. The summed E-state index contributed by atoms with van der Waals surface area (Å²) in [5, 5.41) is 4.36. The van der Waals surface area contributed by atoms with Crippen LogP contribution in [0, 0.1) is 13.8 Å². The van der Waals surface area contributed by atoms with Gasteiger partial charge in [-0.2, -0.15) is 5.10 Å². The molecule has 8 nitrogen and oxygen atoms in total. The SMILES string of the molecule is COc1cccc(/C=N\NC(=O)CN(c2cccc(Cl)c2C)S(=O)(=O)c2ccc(C)cc2)c1OC. The van der Waals surface area contributed by atoms with Crippen molar-refractivity contribution in [1.82, 2.24) is 5.43 Å². The monoisotopic (exact) mass is 515 g/mol. The molecule has 35 heavy (non-hydrogen) atoms. The number of hydrogen-bond donors (Lipinski definition) is 1. The molecule has 0 aliphatic heterocycles. The molecule has 3 rings (SSSR count). The number of nitrogens with zero attached hydrogens (tertiary/aromatic N) is 2. The molecule has 10 heteroatoms. The second-order valence-corrected chi connectivity index (χ2v) is 9.85. The number of benzene rings is 3. The van der Waals surface area contributed by atoms with Crippen molar-refractivity contribution in [2.45, 2.75) is 18.7 Å². The number of halogens is 1. The number of carbonyl (C=O) groups excluding carboxylic acids is 1. The molecule has 0 spiro atoms. The summed E-state index contributed by atoms with van der Waals surface area (Å²) in [6, 6.07) is 16.5. The molecule has 3 aromatic carbocycles. The van der Waals surface area contributed by atoms with Crippen LogP contribution in [0.25, 0.3) is 0 Å². The maximum Gasteiger partial charge on any atom is 0.264 e. The third-order valence-corrected chi connectivity index (χ3v) is 7.41. The standard InChI is InChI=1S/C25H26ClN3O5S/c1-17-11-13-20(14-12-17)35(31,32)29(22-9-6-8-21(26)18(22)2)16-24(30)28-27-15-19-7-5-10-23(33-3)25(19)34-4/h5-15H,16H2,1-4H3,(H,28,30)/b27-15-. The molecule has 0 saturated heterocycles. The molecule has 0 aliphatic carbocycles. The van der Waals surface area contributed by atoms with Crippen molar-refractivity contribution >= 4 is 39.4 Å². The molecule has 0 aromatic heterocycles. The van der Waals surface area contributed by atoms with E-state index >= 15 is 0 Å².